The summed E-state index contributed by atoms with van der Waals surface area (Å²) >= 11 is 0. The molecule has 0 amide bonds. The van der Waals surface area contributed by atoms with Gasteiger partial charge in [-0.1, -0.05) is 34.1 Å². The Morgan fingerprint density at radius 2 is 2.06 bits per heavy atom. The van der Waals surface area contributed by atoms with E-state index in [2.05, 4.69) is 27.7 Å². The molecular formula is C16H26O2. The van der Waals surface area contributed by atoms with Gasteiger partial charge < -0.3 is 4.74 Å². The summed E-state index contributed by atoms with van der Waals surface area (Å²) in [5.41, 5.74) is 2.68. The lowest BCUT2D eigenvalue weighted by molar-refractivity contribution is -0.140. The second-order valence-corrected chi connectivity index (χ2v) is 6.85. The van der Waals surface area contributed by atoms with Crippen LogP contribution in [0.15, 0.2) is 11.1 Å². The van der Waals surface area contributed by atoms with E-state index in [1.807, 2.05) is 0 Å². The Morgan fingerprint density at radius 1 is 1.33 bits per heavy atom. The van der Waals surface area contributed by atoms with E-state index in [1.165, 1.54) is 12.0 Å². The molecule has 0 N–H and O–H groups in total. The van der Waals surface area contributed by atoms with Crippen molar-refractivity contribution in [3.63, 3.8) is 0 Å². The first-order chi connectivity index (χ1) is 8.43. The lowest BCUT2D eigenvalue weighted by atomic mass is 9.70. The van der Waals surface area contributed by atoms with Crippen LogP contribution in [0.4, 0.5) is 0 Å². The summed E-state index contributed by atoms with van der Waals surface area (Å²) in [5, 5.41) is 0. The normalized spacial score (nSPS) is 28.3. The average molecular weight is 250 g/mol. The van der Waals surface area contributed by atoms with E-state index >= 15 is 0 Å². The van der Waals surface area contributed by atoms with Gasteiger partial charge in [0.15, 0.2) is 0 Å². The van der Waals surface area contributed by atoms with Gasteiger partial charge in [0.2, 0.25) is 0 Å². The molecule has 1 aliphatic heterocycles. The molecule has 2 unspecified atom stereocenters. The highest BCUT2D eigenvalue weighted by molar-refractivity contribution is 5.92. The molecule has 18 heavy (non-hydrogen) atoms. The van der Waals surface area contributed by atoms with Gasteiger partial charge in [-0.3, -0.25) is 0 Å². The van der Waals surface area contributed by atoms with Crippen LogP contribution in [-0.2, 0) is 9.53 Å². The number of carbonyl (C=O) groups is 1. The molecule has 0 aromatic carbocycles. The Morgan fingerprint density at radius 3 is 2.67 bits per heavy atom. The quantitative estimate of drug-likeness (QED) is 0.700. The summed E-state index contributed by atoms with van der Waals surface area (Å²) in [6.45, 7) is 9.11. The second-order valence-electron chi connectivity index (χ2n) is 6.85. The summed E-state index contributed by atoms with van der Waals surface area (Å²) in [7, 11) is 0. The third-order valence-electron chi connectivity index (χ3n) is 4.53. The van der Waals surface area contributed by atoms with Crippen molar-refractivity contribution < 1.29 is 9.53 Å². The first-order valence-corrected chi connectivity index (χ1v) is 7.36. The third-order valence-corrected chi connectivity index (χ3v) is 4.53. The Hall–Kier alpha value is -0.790. The van der Waals surface area contributed by atoms with Crippen molar-refractivity contribution in [1.82, 2.24) is 0 Å². The Bertz CT molecular complexity index is 360. The monoisotopic (exact) mass is 250 g/mol. The lowest BCUT2D eigenvalue weighted by Gasteiger charge is -2.34. The molecule has 1 aliphatic carbocycles. The van der Waals surface area contributed by atoms with Gasteiger partial charge in [-0.15, -0.1) is 0 Å². The number of esters is 1. The molecule has 0 aromatic heterocycles. The first kappa shape index (κ1) is 13.6. The van der Waals surface area contributed by atoms with Crippen LogP contribution < -0.4 is 0 Å². The van der Waals surface area contributed by atoms with Crippen molar-refractivity contribution in [3.8, 4) is 0 Å². The van der Waals surface area contributed by atoms with Crippen molar-refractivity contribution >= 4 is 5.97 Å². The molecule has 2 heteroatoms. The van der Waals surface area contributed by atoms with E-state index < -0.39 is 0 Å². The molecule has 2 atom stereocenters. The van der Waals surface area contributed by atoms with Crippen LogP contribution in [0.1, 0.15) is 66.2 Å². The average Bonchev–Trinajstić information content (AvgIpc) is 2.62. The maximum Gasteiger partial charge on any atom is 0.334 e. The van der Waals surface area contributed by atoms with Crippen molar-refractivity contribution in [2.24, 2.45) is 11.3 Å². The molecule has 0 radical (unpaired) electrons. The van der Waals surface area contributed by atoms with Crippen LogP contribution in [-0.4, -0.2) is 12.1 Å². The molecular weight excluding hydrogens is 224 g/mol. The van der Waals surface area contributed by atoms with Crippen molar-refractivity contribution in [2.75, 3.05) is 0 Å². The molecule has 0 fully saturated rings. The van der Waals surface area contributed by atoms with Crippen LogP contribution in [0.2, 0.25) is 0 Å². The van der Waals surface area contributed by atoms with Gasteiger partial charge in [0.05, 0.1) is 0 Å². The van der Waals surface area contributed by atoms with Crippen molar-refractivity contribution in [3.05, 3.63) is 11.1 Å². The van der Waals surface area contributed by atoms with E-state index in [1.54, 1.807) is 0 Å². The zero-order valence-electron chi connectivity index (χ0n) is 12.2. The molecule has 0 aromatic rings. The number of cyclic esters (lactones) is 1. The van der Waals surface area contributed by atoms with Gasteiger partial charge in [-0.05, 0) is 49.0 Å². The predicted molar refractivity (Wildman–Crippen MR) is 73.2 cm³/mol. The SMILES string of the molecule is CCCCC1OC(=O)C2=C1CC(C(C)(C)C)CC2. The van der Waals surface area contributed by atoms with Crippen LogP contribution in [0.25, 0.3) is 0 Å². The topological polar surface area (TPSA) is 26.3 Å². The van der Waals surface area contributed by atoms with E-state index in [4.69, 9.17) is 4.74 Å². The minimum Gasteiger partial charge on any atom is -0.454 e. The van der Waals surface area contributed by atoms with E-state index in [0.717, 1.165) is 37.7 Å². The first-order valence-electron chi connectivity index (χ1n) is 7.36. The third kappa shape index (κ3) is 2.62. The van der Waals surface area contributed by atoms with E-state index in [0.29, 0.717) is 11.3 Å². The highest BCUT2D eigenvalue weighted by atomic mass is 16.5. The number of carbonyl (C=O) groups excluding carboxylic acids is 1. The van der Waals surface area contributed by atoms with Crippen LogP contribution >= 0.6 is 0 Å². The molecule has 102 valence electrons. The Balaban J connectivity index is 2.12. The second kappa shape index (κ2) is 5.07. The fourth-order valence-electron chi connectivity index (χ4n) is 3.16. The molecule has 0 spiro atoms. The number of hydrogen-bond donors (Lipinski definition) is 0. The maximum atomic E-state index is 11.9. The standard InChI is InChI=1S/C16H26O2/c1-5-6-7-14-13-10-11(16(2,3)4)8-9-12(13)15(17)18-14/h11,14H,5-10H2,1-4H3. The minimum absolute atomic E-state index is 0.0292. The van der Waals surface area contributed by atoms with Crippen molar-refractivity contribution in [2.45, 2.75) is 72.3 Å². The molecule has 2 rings (SSSR count). The number of unbranched alkanes of at least 4 members (excludes halogenated alkanes) is 1. The van der Waals surface area contributed by atoms with Crippen LogP contribution in [0.5, 0.6) is 0 Å². The Labute approximate surface area is 111 Å². The number of hydrogen-bond acceptors (Lipinski definition) is 2. The molecule has 1 heterocycles. The summed E-state index contributed by atoms with van der Waals surface area (Å²) in [4.78, 5) is 11.9. The molecule has 0 saturated carbocycles. The lowest BCUT2D eigenvalue weighted by Crippen LogP contribution is -2.25. The Kier molecular flexibility index (Phi) is 3.84. The number of rotatable bonds is 3. The molecule has 2 aliphatic rings. The highest BCUT2D eigenvalue weighted by Crippen LogP contribution is 2.45. The van der Waals surface area contributed by atoms with Crippen LogP contribution in [0, 0.1) is 11.3 Å². The largest absolute Gasteiger partial charge is 0.454 e. The smallest absolute Gasteiger partial charge is 0.334 e. The predicted octanol–water partition coefficient (Wildman–Crippen LogP) is 4.24. The molecule has 0 saturated heterocycles. The van der Waals surface area contributed by atoms with Gasteiger partial charge in [0.1, 0.15) is 6.10 Å². The maximum absolute atomic E-state index is 11.9. The molecule has 2 nitrogen and oxygen atoms in total. The van der Waals surface area contributed by atoms with Crippen molar-refractivity contribution in [1.29, 1.82) is 0 Å². The van der Waals surface area contributed by atoms with Gasteiger partial charge >= 0.3 is 5.97 Å². The van der Waals surface area contributed by atoms with Gasteiger partial charge in [0.25, 0.3) is 0 Å². The zero-order valence-corrected chi connectivity index (χ0v) is 12.2. The van der Waals surface area contributed by atoms with E-state index in [-0.39, 0.29) is 12.1 Å². The van der Waals surface area contributed by atoms with E-state index in [9.17, 15) is 4.79 Å². The fourth-order valence-corrected chi connectivity index (χ4v) is 3.16. The summed E-state index contributed by atoms with van der Waals surface area (Å²) in [6.07, 6.45) is 6.56. The number of ether oxygens (including phenoxy) is 1. The van der Waals surface area contributed by atoms with Gasteiger partial charge in [-0.2, -0.15) is 0 Å². The fraction of sp³-hybridized carbons (Fsp3) is 0.812. The van der Waals surface area contributed by atoms with Gasteiger partial charge in [-0.25, -0.2) is 4.79 Å². The van der Waals surface area contributed by atoms with Gasteiger partial charge in [0, 0.05) is 5.57 Å². The zero-order chi connectivity index (χ0) is 13.3. The summed E-state index contributed by atoms with van der Waals surface area (Å²) in [5.74, 6) is 0.660. The minimum atomic E-state index is -0.0292. The summed E-state index contributed by atoms with van der Waals surface area (Å²) < 4.78 is 5.56. The van der Waals surface area contributed by atoms with Crippen LogP contribution in [0.3, 0.4) is 0 Å². The highest BCUT2D eigenvalue weighted by Gasteiger charge is 2.40. The molecule has 0 bridgehead atoms. The summed E-state index contributed by atoms with van der Waals surface area (Å²) in [6, 6.07) is 0.